The third kappa shape index (κ3) is 4.47. The minimum atomic E-state index is -1.12. The molecule has 2 N–H and O–H groups in total. The number of nitrogens with zero attached hydrogens (tertiary/aromatic N) is 3. The zero-order chi connectivity index (χ0) is 19.3. The molecular formula is C18H22N4O4. The molecule has 2 aromatic rings. The number of amides is 2. The van der Waals surface area contributed by atoms with Gasteiger partial charge in [0.1, 0.15) is 6.04 Å². The van der Waals surface area contributed by atoms with Gasteiger partial charge in [0.15, 0.2) is 5.69 Å². The molecule has 0 aliphatic rings. The van der Waals surface area contributed by atoms with Gasteiger partial charge in [0.2, 0.25) is 5.91 Å². The topological polar surface area (TPSA) is 105 Å². The van der Waals surface area contributed by atoms with E-state index in [2.05, 4.69) is 10.4 Å². The number of hydrogen-bond acceptors (Lipinski definition) is 4. The second kappa shape index (κ2) is 8.28. The third-order valence-electron chi connectivity index (χ3n) is 3.92. The smallest absolute Gasteiger partial charge is 0.326 e. The lowest BCUT2D eigenvalue weighted by atomic mass is 10.2. The average Bonchev–Trinajstić information content (AvgIpc) is 3.00. The number of carbonyl (C=O) groups is 3. The summed E-state index contributed by atoms with van der Waals surface area (Å²) < 4.78 is 1.63. The second-order valence-electron chi connectivity index (χ2n) is 5.91. The highest BCUT2D eigenvalue weighted by molar-refractivity contribution is 5.95. The van der Waals surface area contributed by atoms with E-state index in [0.717, 1.165) is 11.4 Å². The van der Waals surface area contributed by atoms with E-state index in [-0.39, 0.29) is 24.7 Å². The van der Waals surface area contributed by atoms with E-state index in [1.54, 1.807) is 10.7 Å². The second-order valence-corrected chi connectivity index (χ2v) is 5.91. The summed E-state index contributed by atoms with van der Waals surface area (Å²) >= 11 is 0. The Bertz CT molecular complexity index is 801. The molecule has 1 aromatic carbocycles. The highest BCUT2D eigenvalue weighted by Gasteiger charge is 2.28. The summed E-state index contributed by atoms with van der Waals surface area (Å²) in [5.74, 6) is -1.87. The Balaban J connectivity index is 2.27. The largest absolute Gasteiger partial charge is 0.480 e. The van der Waals surface area contributed by atoms with Crippen molar-refractivity contribution in [3.8, 4) is 5.69 Å². The molecule has 0 saturated heterocycles. The summed E-state index contributed by atoms with van der Waals surface area (Å²) in [6.45, 7) is 4.84. The van der Waals surface area contributed by atoms with Gasteiger partial charge in [-0.15, -0.1) is 0 Å². The normalized spacial score (nSPS) is 11.7. The highest BCUT2D eigenvalue weighted by atomic mass is 16.4. The Kier molecular flexibility index (Phi) is 6.11. The average molecular weight is 358 g/mol. The van der Waals surface area contributed by atoms with E-state index in [1.165, 1.54) is 18.7 Å². The zero-order valence-corrected chi connectivity index (χ0v) is 15.0. The standard InChI is InChI=1S/C18H22N4O4/c1-12-11-16(20-22(12)15-7-5-4-6-8-15)17(24)21(13(2)18(25)26)10-9-19-14(3)23/h4-8,11,13H,9-10H2,1-3H3,(H,19,23)(H,25,26). The zero-order valence-electron chi connectivity index (χ0n) is 15.0. The maximum Gasteiger partial charge on any atom is 0.326 e. The van der Waals surface area contributed by atoms with Gasteiger partial charge in [-0.1, -0.05) is 18.2 Å². The Morgan fingerprint density at radius 1 is 1.27 bits per heavy atom. The fourth-order valence-corrected chi connectivity index (χ4v) is 2.51. The number of para-hydroxylation sites is 1. The number of hydrogen-bond donors (Lipinski definition) is 2. The lowest BCUT2D eigenvalue weighted by molar-refractivity contribution is -0.141. The highest BCUT2D eigenvalue weighted by Crippen LogP contribution is 2.14. The van der Waals surface area contributed by atoms with Gasteiger partial charge in [-0.2, -0.15) is 5.10 Å². The van der Waals surface area contributed by atoms with E-state index < -0.39 is 17.9 Å². The maximum atomic E-state index is 12.8. The van der Waals surface area contributed by atoms with Crippen LogP contribution in [0.1, 0.15) is 30.0 Å². The molecule has 8 nitrogen and oxygen atoms in total. The molecule has 0 spiro atoms. The number of carboxylic acid groups (broad SMARTS) is 1. The number of aromatic nitrogens is 2. The maximum absolute atomic E-state index is 12.8. The predicted octanol–water partition coefficient (Wildman–Crippen LogP) is 1.23. The molecule has 1 unspecified atom stereocenters. The first kappa shape index (κ1) is 19.2. The van der Waals surface area contributed by atoms with E-state index in [1.807, 2.05) is 37.3 Å². The van der Waals surface area contributed by atoms with Crippen molar-refractivity contribution in [1.29, 1.82) is 0 Å². The summed E-state index contributed by atoms with van der Waals surface area (Å²) in [7, 11) is 0. The van der Waals surface area contributed by atoms with Crippen LogP contribution in [0.4, 0.5) is 0 Å². The van der Waals surface area contributed by atoms with Gasteiger partial charge in [-0.25, -0.2) is 9.48 Å². The molecule has 2 rings (SSSR count). The number of aliphatic carboxylic acids is 1. The first-order chi connectivity index (χ1) is 12.3. The van der Waals surface area contributed by atoms with E-state index in [4.69, 9.17) is 0 Å². The van der Waals surface area contributed by atoms with Crippen LogP contribution in [-0.4, -0.2) is 56.7 Å². The fourth-order valence-electron chi connectivity index (χ4n) is 2.51. The first-order valence-electron chi connectivity index (χ1n) is 8.21. The van der Waals surface area contributed by atoms with Crippen LogP contribution in [0.5, 0.6) is 0 Å². The van der Waals surface area contributed by atoms with Crippen molar-refractivity contribution in [3.05, 3.63) is 47.8 Å². The number of nitrogens with one attached hydrogen (secondary N) is 1. The Morgan fingerprint density at radius 3 is 2.50 bits per heavy atom. The van der Waals surface area contributed by atoms with Gasteiger partial charge in [-0.05, 0) is 32.0 Å². The monoisotopic (exact) mass is 358 g/mol. The quantitative estimate of drug-likeness (QED) is 0.775. The van der Waals surface area contributed by atoms with Crippen molar-refractivity contribution in [2.45, 2.75) is 26.8 Å². The number of rotatable bonds is 7. The summed E-state index contributed by atoms with van der Waals surface area (Å²) in [6, 6.07) is 9.92. The first-order valence-corrected chi connectivity index (χ1v) is 8.21. The summed E-state index contributed by atoms with van der Waals surface area (Å²) in [6.07, 6.45) is 0. The molecule has 0 aliphatic carbocycles. The van der Waals surface area contributed by atoms with E-state index in [0.29, 0.717) is 0 Å². The van der Waals surface area contributed by atoms with Crippen LogP contribution in [0.3, 0.4) is 0 Å². The van der Waals surface area contributed by atoms with Gasteiger partial charge in [0, 0.05) is 25.7 Å². The number of benzene rings is 1. The van der Waals surface area contributed by atoms with Gasteiger partial charge in [0.05, 0.1) is 5.69 Å². The molecule has 26 heavy (non-hydrogen) atoms. The van der Waals surface area contributed by atoms with Gasteiger partial charge >= 0.3 is 5.97 Å². The summed E-state index contributed by atoms with van der Waals surface area (Å²) in [5.41, 5.74) is 1.71. The van der Waals surface area contributed by atoms with Crippen LogP contribution in [0.25, 0.3) is 5.69 Å². The molecule has 0 bridgehead atoms. The lowest BCUT2D eigenvalue weighted by Crippen LogP contribution is -2.46. The molecular weight excluding hydrogens is 336 g/mol. The van der Waals surface area contributed by atoms with Crippen molar-refractivity contribution in [1.82, 2.24) is 20.0 Å². The predicted molar refractivity (Wildman–Crippen MR) is 95.1 cm³/mol. The van der Waals surface area contributed by atoms with E-state index in [9.17, 15) is 19.5 Å². The lowest BCUT2D eigenvalue weighted by Gasteiger charge is -2.25. The minimum Gasteiger partial charge on any atom is -0.480 e. The molecule has 0 aliphatic heterocycles. The molecule has 8 heteroatoms. The Labute approximate surface area is 151 Å². The molecule has 0 fully saturated rings. The minimum absolute atomic E-state index is 0.0725. The van der Waals surface area contributed by atoms with Gasteiger partial charge < -0.3 is 15.3 Å². The summed E-state index contributed by atoms with van der Waals surface area (Å²) in [5, 5.41) is 16.2. The van der Waals surface area contributed by atoms with Crippen molar-refractivity contribution in [2.24, 2.45) is 0 Å². The molecule has 1 atom stereocenters. The van der Waals surface area contributed by atoms with Crippen LogP contribution in [0.2, 0.25) is 0 Å². The third-order valence-corrected chi connectivity index (χ3v) is 3.92. The van der Waals surface area contributed by atoms with Crippen molar-refractivity contribution < 1.29 is 19.5 Å². The van der Waals surface area contributed by atoms with Crippen LogP contribution in [0.15, 0.2) is 36.4 Å². The van der Waals surface area contributed by atoms with Crippen molar-refractivity contribution in [2.75, 3.05) is 13.1 Å². The van der Waals surface area contributed by atoms with Crippen LogP contribution >= 0.6 is 0 Å². The number of carboxylic acids is 1. The Morgan fingerprint density at radius 2 is 1.92 bits per heavy atom. The molecule has 1 aromatic heterocycles. The molecule has 0 saturated carbocycles. The van der Waals surface area contributed by atoms with Crippen molar-refractivity contribution >= 4 is 17.8 Å². The Hall–Kier alpha value is -3.16. The molecule has 2 amide bonds. The van der Waals surface area contributed by atoms with E-state index >= 15 is 0 Å². The number of carbonyl (C=O) groups excluding carboxylic acids is 2. The molecule has 0 radical (unpaired) electrons. The van der Waals surface area contributed by atoms with Crippen LogP contribution in [0, 0.1) is 6.92 Å². The number of aryl methyl sites for hydroxylation is 1. The molecule has 138 valence electrons. The van der Waals surface area contributed by atoms with Crippen LogP contribution < -0.4 is 5.32 Å². The van der Waals surface area contributed by atoms with Crippen molar-refractivity contribution in [3.63, 3.8) is 0 Å². The van der Waals surface area contributed by atoms with Crippen LogP contribution in [-0.2, 0) is 9.59 Å². The molecule has 1 heterocycles. The van der Waals surface area contributed by atoms with Gasteiger partial charge in [0.25, 0.3) is 5.91 Å². The van der Waals surface area contributed by atoms with Gasteiger partial charge in [-0.3, -0.25) is 9.59 Å². The summed E-state index contributed by atoms with van der Waals surface area (Å²) in [4.78, 5) is 36.4. The fraction of sp³-hybridized carbons (Fsp3) is 0.333. The SMILES string of the molecule is CC(=O)NCCN(C(=O)c1cc(C)n(-c2ccccc2)n1)C(C)C(=O)O.